The molecule has 1 amide bonds. The van der Waals surface area contributed by atoms with Gasteiger partial charge in [-0.05, 0) is 48.4 Å². The molecule has 0 heterocycles. The van der Waals surface area contributed by atoms with Gasteiger partial charge in [-0.15, -0.1) is 12.4 Å². The molecule has 24 heavy (non-hydrogen) atoms. The summed E-state index contributed by atoms with van der Waals surface area (Å²) in [5, 5.41) is 5.83. The van der Waals surface area contributed by atoms with E-state index in [1.807, 2.05) is 0 Å². The molecule has 0 radical (unpaired) electrons. The fourth-order valence-electron chi connectivity index (χ4n) is 2.18. The molecule has 2 N–H and O–H groups in total. The monoisotopic (exact) mass is 354 g/mol. The third-order valence-electron chi connectivity index (χ3n) is 3.41. The number of rotatable bonds is 7. The van der Waals surface area contributed by atoms with Crippen molar-refractivity contribution in [1.29, 1.82) is 0 Å². The van der Waals surface area contributed by atoms with Gasteiger partial charge in [0.1, 0.15) is 11.6 Å². The lowest BCUT2D eigenvalue weighted by Gasteiger charge is -2.08. The molecule has 0 bridgehead atoms. The minimum Gasteiger partial charge on any atom is -0.351 e. The van der Waals surface area contributed by atoms with Gasteiger partial charge in [-0.1, -0.05) is 25.1 Å². The van der Waals surface area contributed by atoms with Crippen LogP contribution in [0.5, 0.6) is 0 Å². The van der Waals surface area contributed by atoms with Gasteiger partial charge in [0, 0.05) is 13.1 Å². The molecule has 0 aliphatic rings. The molecule has 2 aromatic carbocycles. The van der Waals surface area contributed by atoms with Gasteiger partial charge in [-0.25, -0.2) is 8.78 Å². The van der Waals surface area contributed by atoms with E-state index in [9.17, 15) is 13.6 Å². The SMILES string of the molecule is CCCNCCNC(=O)c1ccc(-c2ccc(F)cc2)cc1F.Cl. The van der Waals surface area contributed by atoms with Gasteiger partial charge in [0.15, 0.2) is 0 Å². The summed E-state index contributed by atoms with van der Waals surface area (Å²) in [6.45, 7) is 4.03. The van der Waals surface area contributed by atoms with E-state index in [-0.39, 0.29) is 23.8 Å². The summed E-state index contributed by atoms with van der Waals surface area (Å²) in [4.78, 5) is 12.0. The molecule has 0 fully saturated rings. The lowest BCUT2D eigenvalue weighted by Crippen LogP contribution is -2.32. The van der Waals surface area contributed by atoms with E-state index in [0.717, 1.165) is 13.0 Å². The Balaban J connectivity index is 0.00000288. The second kappa shape index (κ2) is 10.0. The maximum Gasteiger partial charge on any atom is 0.254 e. The van der Waals surface area contributed by atoms with Crippen LogP contribution >= 0.6 is 12.4 Å². The van der Waals surface area contributed by atoms with Gasteiger partial charge in [-0.3, -0.25) is 4.79 Å². The summed E-state index contributed by atoms with van der Waals surface area (Å²) < 4.78 is 27.1. The minimum atomic E-state index is -0.592. The number of hydrogen-bond acceptors (Lipinski definition) is 2. The molecule has 0 atom stereocenters. The summed E-state index contributed by atoms with van der Waals surface area (Å²) in [7, 11) is 0. The van der Waals surface area contributed by atoms with Crippen LogP contribution in [0.15, 0.2) is 42.5 Å². The van der Waals surface area contributed by atoms with Crippen LogP contribution in [-0.4, -0.2) is 25.5 Å². The zero-order chi connectivity index (χ0) is 16.7. The lowest BCUT2D eigenvalue weighted by molar-refractivity contribution is 0.0950. The molecule has 3 nitrogen and oxygen atoms in total. The Labute approximate surface area is 146 Å². The van der Waals surface area contributed by atoms with E-state index in [2.05, 4.69) is 17.6 Å². The Morgan fingerprint density at radius 3 is 2.25 bits per heavy atom. The average Bonchev–Trinajstić information content (AvgIpc) is 2.55. The predicted octanol–water partition coefficient (Wildman–Crippen LogP) is 3.78. The number of amides is 1. The van der Waals surface area contributed by atoms with Crippen LogP contribution < -0.4 is 10.6 Å². The molecule has 130 valence electrons. The van der Waals surface area contributed by atoms with E-state index in [4.69, 9.17) is 0 Å². The standard InChI is InChI=1S/C18H20F2N2O.ClH/c1-2-9-21-10-11-22-18(23)16-8-5-14(12-17(16)20)13-3-6-15(19)7-4-13;/h3-8,12,21H,2,9-11H2,1H3,(H,22,23);1H. The third kappa shape index (κ3) is 5.58. The normalized spacial score (nSPS) is 10.1. The molecular formula is C18H21ClF2N2O. The predicted molar refractivity (Wildman–Crippen MR) is 94.5 cm³/mol. The maximum absolute atomic E-state index is 14.1. The van der Waals surface area contributed by atoms with E-state index in [0.29, 0.717) is 24.2 Å². The topological polar surface area (TPSA) is 41.1 Å². The van der Waals surface area contributed by atoms with Crippen LogP contribution in [-0.2, 0) is 0 Å². The highest BCUT2D eigenvalue weighted by atomic mass is 35.5. The summed E-state index contributed by atoms with van der Waals surface area (Å²) in [6.07, 6.45) is 1.02. The van der Waals surface area contributed by atoms with Crippen molar-refractivity contribution in [2.24, 2.45) is 0 Å². The first-order valence-corrected chi connectivity index (χ1v) is 7.66. The quantitative estimate of drug-likeness (QED) is 0.743. The van der Waals surface area contributed by atoms with Crippen molar-refractivity contribution in [3.63, 3.8) is 0 Å². The summed E-state index contributed by atoms with van der Waals surface area (Å²) in [5.74, 6) is -1.38. The summed E-state index contributed by atoms with van der Waals surface area (Å²) in [6, 6.07) is 10.2. The van der Waals surface area contributed by atoms with Gasteiger partial charge in [0.2, 0.25) is 0 Å². The van der Waals surface area contributed by atoms with Crippen molar-refractivity contribution in [3.05, 3.63) is 59.7 Å². The molecule has 0 aliphatic heterocycles. The van der Waals surface area contributed by atoms with Crippen molar-refractivity contribution >= 4 is 18.3 Å². The van der Waals surface area contributed by atoms with Crippen molar-refractivity contribution in [2.75, 3.05) is 19.6 Å². The zero-order valence-corrected chi connectivity index (χ0v) is 14.3. The fourth-order valence-corrected chi connectivity index (χ4v) is 2.18. The fraction of sp³-hybridized carbons (Fsp3) is 0.278. The molecule has 2 rings (SSSR count). The Kier molecular flexibility index (Phi) is 8.36. The van der Waals surface area contributed by atoms with Crippen LogP contribution in [0.4, 0.5) is 8.78 Å². The highest BCUT2D eigenvalue weighted by Gasteiger charge is 2.12. The number of halogens is 3. The molecule has 0 unspecified atom stereocenters. The first-order valence-electron chi connectivity index (χ1n) is 7.66. The Morgan fingerprint density at radius 2 is 1.62 bits per heavy atom. The largest absolute Gasteiger partial charge is 0.351 e. The van der Waals surface area contributed by atoms with Gasteiger partial charge < -0.3 is 10.6 Å². The molecule has 0 aromatic heterocycles. The first kappa shape index (κ1) is 20.1. The molecule has 2 aromatic rings. The number of carbonyl (C=O) groups is 1. The first-order chi connectivity index (χ1) is 11.1. The van der Waals surface area contributed by atoms with Crippen molar-refractivity contribution < 1.29 is 13.6 Å². The Bertz CT molecular complexity index is 663. The number of benzene rings is 2. The van der Waals surface area contributed by atoms with Gasteiger partial charge >= 0.3 is 0 Å². The van der Waals surface area contributed by atoms with Crippen LogP contribution in [0.2, 0.25) is 0 Å². The highest BCUT2D eigenvalue weighted by molar-refractivity contribution is 5.95. The average molecular weight is 355 g/mol. The van der Waals surface area contributed by atoms with E-state index in [1.54, 1.807) is 18.2 Å². The maximum atomic E-state index is 14.1. The smallest absolute Gasteiger partial charge is 0.254 e. The second-order valence-corrected chi connectivity index (χ2v) is 5.21. The number of nitrogens with one attached hydrogen (secondary N) is 2. The summed E-state index contributed by atoms with van der Waals surface area (Å²) >= 11 is 0. The van der Waals surface area contributed by atoms with Crippen molar-refractivity contribution in [1.82, 2.24) is 10.6 Å². The van der Waals surface area contributed by atoms with E-state index < -0.39 is 11.7 Å². The van der Waals surface area contributed by atoms with Crippen LogP contribution in [0.25, 0.3) is 11.1 Å². The lowest BCUT2D eigenvalue weighted by atomic mass is 10.0. The molecule has 6 heteroatoms. The number of hydrogen-bond donors (Lipinski definition) is 2. The number of carbonyl (C=O) groups excluding carboxylic acids is 1. The zero-order valence-electron chi connectivity index (χ0n) is 13.4. The molecule has 0 aliphatic carbocycles. The van der Waals surface area contributed by atoms with Crippen LogP contribution in [0.1, 0.15) is 23.7 Å². The molecular weight excluding hydrogens is 334 g/mol. The minimum absolute atomic E-state index is 0. The van der Waals surface area contributed by atoms with Gasteiger partial charge in [0.05, 0.1) is 5.56 Å². The Hall–Kier alpha value is -1.98. The molecule has 0 saturated heterocycles. The second-order valence-electron chi connectivity index (χ2n) is 5.21. The molecule has 0 saturated carbocycles. The van der Waals surface area contributed by atoms with Gasteiger partial charge in [-0.2, -0.15) is 0 Å². The van der Waals surface area contributed by atoms with Crippen LogP contribution in [0.3, 0.4) is 0 Å². The molecule has 0 spiro atoms. The van der Waals surface area contributed by atoms with E-state index >= 15 is 0 Å². The van der Waals surface area contributed by atoms with Crippen molar-refractivity contribution in [2.45, 2.75) is 13.3 Å². The Morgan fingerprint density at radius 1 is 0.958 bits per heavy atom. The van der Waals surface area contributed by atoms with Crippen molar-refractivity contribution in [3.8, 4) is 11.1 Å². The van der Waals surface area contributed by atoms with Crippen LogP contribution in [0, 0.1) is 11.6 Å². The highest BCUT2D eigenvalue weighted by Crippen LogP contribution is 2.22. The third-order valence-corrected chi connectivity index (χ3v) is 3.41. The summed E-state index contributed by atoms with van der Waals surface area (Å²) in [5.41, 5.74) is 1.30. The van der Waals surface area contributed by atoms with E-state index in [1.165, 1.54) is 24.3 Å². The van der Waals surface area contributed by atoms with Gasteiger partial charge in [0.25, 0.3) is 5.91 Å².